The van der Waals surface area contributed by atoms with Crippen LogP contribution in [0.2, 0.25) is 0 Å². The van der Waals surface area contributed by atoms with Crippen molar-refractivity contribution in [3.8, 4) is 0 Å². The van der Waals surface area contributed by atoms with Crippen molar-refractivity contribution in [3.63, 3.8) is 0 Å². The van der Waals surface area contributed by atoms with Gasteiger partial charge in [0.25, 0.3) is 0 Å². The van der Waals surface area contributed by atoms with Gasteiger partial charge in [0.1, 0.15) is 134 Å². The van der Waals surface area contributed by atoms with Gasteiger partial charge in [0.2, 0.25) is 0 Å². The topological polar surface area (TPSA) is 486 Å². The highest BCUT2D eigenvalue weighted by Crippen LogP contribution is 2.67. The van der Waals surface area contributed by atoms with Crippen LogP contribution in [0.25, 0.3) is 0 Å². The smallest absolute Gasteiger partial charge is 0.198 e. The number of rotatable bonds is 16. The molecule has 6 heterocycles. The van der Waals surface area contributed by atoms with Crippen LogP contribution < -0.4 is 0 Å². The normalized spacial score (nSPS) is 62.8. The molecule has 0 bridgehead atoms. The van der Waals surface area contributed by atoms with E-state index >= 15 is 0 Å². The van der Waals surface area contributed by atoms with E-state index in [0.717, 1.165) is 132 Å². The number of hydrogen-bond donors (Lipinski definition) is 19. The van der Waals surface area contributed by atoms with Gasteiger partial charge >= 0.3 is 0 Å². The van der Waals surface area contributed by atoms with Crippen molar-refractivity contribution < 1.29 is 149 Å². The molecular weight excluding hydrogens is 1280 g/mol. The molecule has 0 aromatic carbocycles. The second kappa shape index (κ2) is 21.8. The molecule has 0 aromatic rings. The van der Waals surface area contributed by atoms with E-state index in [1.165, 1.54) is 83.1 Å². The molecular formula is C67H124O30. The Labute approximate surface area is 570 Å². The maximum Gasteiger partial charge on any atom is 0.198 e. The summed E-state index contributed by atoms with van der Waals surface area (Å²) in [5, 5.41) is 235. The first-order valence-electron chi connectivity index (χ1n) is 32.9. The minimum atomic E-state index is -3.07. The summed E-state index contributed by atoms with van der Waals surface area (Å²) in [7, 11) is 0. The van der Waals surface area contributed by atoms with Crippen molar-refractivity contribution in [2.45, 2.75) is 384 Å². The lowest BCUT2D eigenvalue weighted by atomic mass is 9.57. The van der Waals surface area contributed by atoms with E-state index in [4.69, 9.17) is 52.1 Å². The fourth-order valence-corrected chi connectivity index (χ4v) is 16.7. The van der Waals surface area contributed by atoms with Crippen molar-refractivity contribution in [1.29, 1.82) is 0 Å². The van der Waals surface area contributed by atoms with E-state index in [9.17, 15) is 97.0 Å². The summed E-state index contributed by atoms with van der Waals surface area (Å²) < 4.78 is 74.1. The molecule has 0 amide bonds. The highest BCUT2D eigenvalue weighted by Gasteiger charge is 2.87. The third-order valence-corrected chi connectivity index (χ3v) is 29.3. The van der Waals surface area contributed by atoms with Crippen molar-refractivity contribution in [1.82, 2.24) is 0 Å². The SMILES string of the molecule is CC1(C)O[C@@](C)(CO[C@@]2(C)O[C@@](C)(CO)[C@](C)(O)C(C)(O)C2(C)O)[C@@](C)(O[C@]2(C)OC(C)(CO)[C@@](C)(O[C@]3(C)O[C@@](C)(CO[C@@]4(C)O[C@@](C)(CO)[C@](C)(O)C(C)(O)C4(C)O)[C@@](C)(O[C@]4(C)OC(C)(CO)[C@@](C)(O)C(C)(O)[C@@]4(C)O)C(C)(O)C3(C)O)C(C)(O)[C@@]2(C)O)C(C)(O)C1(C)O. The zero-order valence-corrected chi connectivity index (χ0v) is 63.2. The second-order valence-corrected chi connectivity index (χ2v) is 34.9. The maximum absolute atomic E-state index is 13.9. The lowest BCUT2D eigenvalue weighted by molar-refractivity contribution is -0.550. The van der Waals surface area contributed by atoms with Gasteiger partial charge < -0.3 is 149 Å². The molecule has 0 aliphatic carbocycles. The molecule has 6 saturated heterocycles. The number of ether oxygens (including phenoxy) is 11. The first kappa shape index (κ1) is 84.7. The minimum absolute atomic E-state index is 0.860. The van der Waals surface area contributed by atoms with Crippen LogP contribution in [0.1, 0.15) is 215 Å². The van der Waals surface area contributed by atoms with Gasteiger partial charge in [-0.25, -0.2) is 0 Å². The average molecular weight is 1410 g/mol. The van der Waals surface area contributed by atoms with Gasteiger partial charge in [-0.15, -0.1) is 0 Å². The van der Waals surface area contributed by atoms with Crippen molar-refractivity contribution in [2.75, 3.05) is 39.6 Å². The molecule has 6 fully saturated rings. The minimum Gasteiger partial charge on any atom is -0.393 e. The third kappa shape index (κ3) is 9.39. The van der Waals surface area contributed by atoms with Crippen LogP contribution in [0.5, 0.6) is 0 Å². The molecule has 6 aliphatic rings. The summed E-state index contributed by atoms with van der Waals surface area (Å²) in [6.45, 7) is 29.6. The van der Waals surface area contributed by atoms with Crippen molar-refractivity contribution in [3.05, 3.63) is 0 Å². The molecule has 0 aromatic heterocycles. The predicted octanol–water partition coefficient (Wildman–Crippen LogP) is -1.33. The standard InChI is InChI=1S/C67H124O30/c1-38(2)45(9,72)52(16,79)61(25,43(7,89-38)36-87-63(27)55(19,82)49(13,76)46(10,73)39(3,32-68)90-63)96-66(30)58(22,85)53(17,80)60(24,42(6,35-71)93-66)95-67(31)59(23,86)54(18,81)62(26,97-65(29)57(21,84)51(15,78)48(12,75)41(5,34-70)92-65)44(8,94-67)37-88-64(28)56(20,83)50(14,77)47(11,74)40(4,33-69)91-64/h68-86H,32-37H2,1-31H3/t39-,40-,41?,42?,43-,44-,45?,46-,47-,48+,49?,50?,51?,52?,53?,54?,55?,56?,57+,58+,59?,60+,61+,62+,63-,64-,65-,66-,67-/m0/s1. The van der Waals surface area contributed by atoms with Crippen LogP contribution in [0.4, 0.5) is 0 Å². The summed E-state index contributed by atoms with van der Waals surface area (Å²) in [4.78, 5) is 0. The molecule has 19 N–H and O–H groups in total. The molecule has 572 valence electrons. The highest BCUT2D eigenvalue weighted by atomic mass is 16.8. The van der Waals surface area contributed by atoms with E-state index in [0.29, 0.717) is 0 Å². The van der Waals surface area contributed by atoms with Crippen LogP contribution in [0.15, 0.2) is 0 Å². The molecule has 0 radical (unpaired) electrons. The van der Waals surface area contributed by atoms with Crippen LogP contribution in [-0.4, -0.2) is 306 Å². The molecule has 12 unspecified atom stereocenters. The number of aliphatic hydroxyl groups excluding tert-OH is 4. The molecule has 0 spiro atoms. The fraction of sp³-hybridized carbons (Fsp3) is 1.00. The van der Waals surface area contributed by atoms with Crippen LogP contribution in [0, 0.1) is 0 Å². The first-order chi connectivity index (χ1) is 42.0. The Kier molecular flexibility index (Phi) is 19.0. The van der Waals surface area contributed by atoms with Gasteiger partial charge in [0.15, 0.2) is 28.9 Å². The lowest BCUT2D eigenvalue weighted by Crippen LogP contribution is -2.92. The quantitative estimate of drug-likeness (QED) is 0.0851. The van der Waals surface area contributed by atoms with E-state index < -0.39 is 209 Å². The summed E-state index contributed by atoms with van der Waals surface area (Å²) >= 11 is 0. The van der Waals surface area contributed by atoms with E-state index in [-0.39, 0.29) is 0 Å². The summed E-state index contributed by atoms with van der Waals surface area (Å²) in [5.74, 6) is -13.6. The predicted molar refractivity (Wildman–Crippen MR) is 341 cm³/mol. The number of hydrogen-bond acceptors (Lipinski definition) is 30. The van der Waals surface area contributed by atoms with Gasteiger partial charge in [0.05, 0.1) is 45.2 Å². The van der Waals surface area contributed by atoms with Gasteiger partial charge in [-0.05, 0) is 215 Å². The van der Waals surface area contributed by atoms with Gasteiger partial charge in [-0.1, -0.05) is 0 Å². The molecule has 97 heavy (non-hydrogen) atoms. The molecule has 30 nitrogen and oxygen atoms in total. The lowest BCUT2D eigenvalue weighted by Gasteiger charge is -2.74. The molecule has 0 saturated carbocycles. The molecule has 6 rings (SSSR count). The van der Waals surface area contributed by atoms with Crippen LogP contribution >= 0.6 is 0 Å². The van der Waals surface area contributed by atoms with E-state index in [2.05, 4.69) is 0 Å². The van der Waals surface area contributed by atoms with E-state index in [1.54, 1.807) is 0 Å². The van der Waals surface area contributed by atoms with Gasteiger partial charge in [0, 0.05) is 0 Å². The zero-order chi connectivity index (χ0) is 77.0. The Bertz CT molecular complexity index is 3030. The Hall–Kier alpha value is -1.20. The Morgan fingerprint density at radius 1 is 0.196 bits per heavy atom. The maximum atomic E-state index is 13.9. The second-order valence-electron chi connectivity index (χ2n) is 34.9. The molecule has 29 atom stereocenters. The van der Waals surface area contributed by atoms with Crippen molar-refractivity contribution in [2.24, 2.45) is 0 Å². The van der Waals surface area contributed by atoms with Crippen LogP contribution in [-0.2, 0) is 52.1 Å². The van der Waals surface area contributed by atoms with Crippen molar-refractivity contribution >= 4 is 0 Å². The third-order valence-electron chi connectivity index (χ3n) is 29.3. The van der Waals surface area contributed by atoms with E-state index in [1.807, 2.05) is 0 Å². The largest absolute Gasteiger partial charge is 0.393 e. The van der Waals surface area contributed by atoms with Gasteiger partial charge in [-0.3, -0.25) is 0 Å². The van der Waals surface area contributed by atoms with Gasteiger partial charge in [-0.2, -0.15) is 0 Å². The summed E-state index contributed by atoms with van der Waals surface area (Å²) in [6.07, 6.45) is 0. The highest BCUT2D eigenvalue weighted by molar-refractivity contribution is 5.32. The average Bonchev–Trinajstić information content (AvgIpc) is 0.665. The monoisotopic (exact) mass is 1410 g/mol. The van der Waals surface area contributed by atoms with Crippen LogP contribution in [0.3, 0.4) is 0 Å². The Morgan fingerprint density at radius 2 is 0.381 bits per heavy atom. The molecule has 6 aliphatic heterocycles. The summed E-state index contributed by atoms with van der Waals surface area (Å²) in [5.41, 5.74) is -64.4. The molecule has 30 heteroatoms. The summed E-state index contributed by atoms with van der Waals surface area (Å²) in [6, 6.07) is 0. The zero-order valence-electron chi connectivity index (χ0n) is 63.2. The number of aliphatic hydroxyl groups is 19. The fourth-order valence-electron chi connectivity index (χ4n) is 16.7. The first-order valence-corrected chi connectivity index (χ1v) is 32.9. The Morgan fingerprint density at radius 3 is 0.639 bits per heavy atom. The Balaban J connectivity index is 1.59.